The molecule has 1 atom stereocenters. The highest BCUT2D eigenvalue weighted by Crippen LogP contribution is 2.38. The van der Waals surface area contributed by atoms with Crippen molar-refractivity contribution in [2.45, 2.75) is 24.7 Å². The number of aryl methyl sites for hydroxylation is 1. The van der Waals surface area contributed by atoms with Gasteiger partial charge in [-0.05, 0) is 30.4 Å². The average molecular weight is 340 g/mol. The molecule has 1 heterocycles. The van der Waals surface area contributed by atoms with Crippen molar-refractivity contribution in [3.63, 3.8) is 0 Å². The van der Waals surface area contributed by atoms with Crippen LogP contribution in [0.15, 0.2) is 29.3 Å². The van der Waals surface area contributed by atoms with Crippen LogP contribution in [0.1, 0.15) is 24.0 Å². The summed E-state index contributed by atoms with van der Waals surface area (Å²) in [6, 6.07) is 8.46. The fourth-order valence-corrected chi connectivity index (χ4v) is 3.07. The van der Waals surface area contributed by atoms with Gasteiger partial charge in [-0.15, -0.1) is 17.0 Å². The molecule has 0 spiro atoms. The van der Waals surface area contributed by atoms with Crippen molar-refractivity contribution in [2.24, 2.45) is 4.99 Å². The maximum absolute atomic E-state index is 9.89. The Morgan fingerprint density at radius 1 is 1.35 bits per heavy atom. The number of nitrogens with one attached hydrogen (secondary N) is 2. The number of fused-ring (bicyclic) bond motifs is 1. The van der Waals surface area contributed by atoms with Crippen LogP contribution in [-0.4, -0.2) is 37.3 Å². The third-order valence-corrected chi connectivity index (χ3v) is 4.26. The van der Waals surface area contributed by atoms with Gasteiger partial charge >= 0.3 is 0 Å². The number of aliphatic hydroxyl groups is 1. The molecule has 4 nitrogen and oxygen atoms in total. The highest BCUT2D eigenvalue weighted by atomic mass is 79.9. The van der Waals surface area contributed by atoms with Crippen LogP contribution in [0.25, 0.3) is 0 Å². The van der Waals surface area contributed by atoms with E-state index in [0.29, 0.717) is 0 Å². The van der Waals surface area contributed by atoms with Gasteiger partial charge in [0.1, 0.15) is 0 Å². The molecule has 0 radical (unpaired) electrons. The summed E-state index contributed by atoms with van der Waals surface area (Å²) in [5.74, 6) is 0.878. The number of guanidine groups is 1. The molecule has 110 valence electrons. The molecule has 1 unspecified atom stereocenters. The lowest BCUT2D eigenvalue weighted by Crippen LogP contribution is -2.48. The van der Waals surface area contributed by atoms with Gasteiger partial charge in [0, 0.05) is 25.0 Å². The Morgan fingerprint density at radius 2 is 2.20 bits per heavy atom. The molecule has 0 saturated carbocycles. The summed E-state index contributed by atoms with van der Waals surface area (Å²) in [4.78, 5) is 4.42. The van der Waals surface area contributed by atoms with Gasteiger partial charge in [0.25, 0.3) is 0 Å². The highest BCUT2D eigenvalue weighted by Gasteiger charge is 2.38. The highest BCUT2D eigenvalue weighted by molar-refractivity contribution is 8.93. The molecule has 20 heavy (non-hydrogen) atoms. The smallest absolute Gasteiger partial charge is 0.191 e. The minimum atomic E-state index is -0.155. The Balaban J connectivity index is 0.00000147. The molecule has 2 aliphatic rings. The molecule has 1 aliphatic heterocycles. The number of aliphatic hydroxyl groups excluding tert-OH is 1. The molecular formula is C15H22BrN3O. The van der Waals surface area contributed by atoms with Crippen LogP contribution < -0.4 is 10.6 Å². The van der Waals surface area contributed by atoms with Crippen LogP contribution in [0.2, 0.25) is 0 Å². The first-order chi connectivity index (χ1) is 9.34. The van der Waals surface area contributed by atoms with E-state index in [-0.39, 0.29) is 29.0 Å². The van der Waals surface area contributed by atoms with E-state index in [1.165, 1.54) is 11.1 Å². The van der Waals surface area contributed by atoms with E-state index in [1.54, 1.807) is 0 Å². The van der Waals surface area contributed by atoms with Gasteiger partial charge in [-0.1, -0.05) is 24.3 Å². The standard InChI is InChI=1S/C15H21N3O.BrH/c19-11-15(10-18-14-16-8-3-9-17-14)7-6-12-4-1-2-5-13(12)15;/h1-2,4-5,19H,3,6-11H2,(H2,16,17,18);1H. The lowest BCUT2D eigenvalue weighted by molar-refractivity contribution is 0.193. The van der Waals surface area contributed by atoms with Gasteiger partial charge in [-0.25, -0.2) is 0 Å². The first-order valence-electron chi connectivity index (χ1n) is 7.05. The molecule has 0 saturated heterocycles. The van der Waals surface area contributed by atoms with Crippen molar-refractivity contribution >= 4 is 22.9 Å². The average Bonchev–Trinajstić information content (AvgIpc) is 2.86. The Kier molecular flexibility index (Phi) is 5.05. The first kappa shape index (κ1) is 15.3. The number of aliphatic imine (C=N–C) groups is 1. The maximum Gasteiger partial charge on any atom is 0.191 e. The summed E-state index contributed by atoms with van der Waals surface area (Å²) in [5.41, 5.74) is 2.51. The van der Waals surface area contributed by atoms with E-state index >= 15 is 0 Å². The normalized spacial score (nSPS) is 24.1. The molecule has 3 rings (SSSR count). The first-order valence-corrected chi connectivity index (χ1v) is 7.05. The van der Waals surface area contributed by atoms with Crippen LogP contribution >= 0.6 is 17.0 Å². The second kappa shape index (κ2) is 6.59. The molecule has 5 heteroatoms. The van der Waals surface area contributed by atoms with E-state index in [0.717, 1.165) is 44.9 Å². The largest absolute Gasteiger partial charge is 0.395 e. The van der Waals surface area contributed by atoms with E-state index < -0.39 is 0 Å². The monoisotopic (exact) mass is 339 g/mol. The zero-order chi connectivity index (χ0) is 13.1. The van der Waals surface area contributed by atoms with Crippen molar-refractivity contribution in [1.29, 1.82) is 0 Å². The molecule has 1 aromatic carbocycles. The van der Waals surface area contributed by atoms with Crippen LogP contribution in [0.5, 0.6) is 0 Å². The predicted octanol–water partition coefficient (Wildman–Crippen LogP) is 1.38. The third kappa shape index (κ3) is 2.83. The number of nitrogens with zero attached hydrogens (tertiary/aromatic N) is 1. The summed E-state index contributed by atoms with van der Waals surface area (Å²) in [7, 11) is 0. The zero-order valence-corrected chi connectivity index (χ0v) is 13.3. The van der Waals surface area contributed by atoms with E-state index in [4.69, 9.17) is 0 Å². The summed E-state index contributed by atoms with van der Waals surface area (Å²) < 4.78 is 0. The van der Waals surface area contributed by atoms with Crippen LogP contribution in [0.4, 0.5) is 0 Å². The number of halogens is 1. The quantitative estimate of drug-likeness (QED) is 0.779. The predicted molar refractivity (Wildman–Crippen MR) is 86.8 cm³/mol. The summed E-state index contributed by atoms with van der Waals surface area (Å²) in [5, 5.41) is 16.5. The van der Waals surface area contributed by atoms with Crippen LogP contribution in [-0.2, 0) is 11.8 Å². The van der Waals surface area contributed by atoms with Gasteiger partial charge in [-0.3, -0.25) is 4.99 Å². The molecule has 3 N–H and O–H groups in total. The number of hydrogen-bond acceptors (Lipinski definition) is 4. The minimum Gasteiger partial charge on any atom is -0.395 e. The van der Waals surface area contributed by atoms with Crippen molar-refractivity contribution < 1.29 is 5.11 Å². The topological polar surface area (TPSA) is 56.6 Å². The molecule has 1 aromatic rings. The fraction of sp³-hybridized carbons (Fsp3) is 0.533. The number of hydrogen-bond donors (Lipinski definition) is 3. The van der Waals surface area contributed by atoms with Gasteiger partial charge in [0.05, 0.1) is 6.61 Å². The third-order valence-electron chi connectivity index (χ3n) is 4.26. The molecule has 1 aliphatic carbocycles. The fourth-order valence-electron chi connectivity index (χ4n) is 3.07. The second-order valence-corrected chi connectivity index (χ2v) is 5.46. The van der Waals surface area contributed by atoms with E-state index in [1.807, 2.05) is 0 Å². The summed E-state index contributed by atoms with van der Waals surface area (Å²) in [6.07, 6.45) is 3.15. The molecular weight excluding hydrogens is 318 g/mol. The van der Waals surface area contributed by atoms with Crippen molar-refractivity contribution in [3.8, 4) is 0 Å². The van der Waals surface area contributed by atoms with Crippen molar-refractivity contribution in [1.82, 2.24) is 10.6 Å². The molecule has 0 bridgehead atoms. The Labute approximate surface area is 130 Å². The molecule has 0 fully saturated rings. The molecule has 0 amide bonds. The summed E-state index contributed by atoms with van der Waals surface area (Å²) >= 11 is 0. The Hall–Kier alpha value is -1.07. The van der Waals surface area contributed by atoms with Gasteiger partial charge < -0.3 is 15.7 Å². The minimum absolute atomic E-state index is 0. The lowest BCUT2D eigenvalue weighted by atomic mass is 9.82. The van der Waals surface area contributed by atoms with E-state index in [9.17, 15) is 5.11 Å². The second-order valence-electron chi connectivity index (χ2n) is 5.46. The summed E-state index contributed by atoms with van der Waals surface area (Å²) in [6.45, 7) is 2.79. The number of rotatable bonds is 3. The van der Waals surface area contributed by atoms with Crippen molar-refractivity contribution in [3.05, 3.63) is 35.4 Å². The molecule has 0 aromatic heterocycles. The zero-order valence-electron chi connectivity index (χ0n) is 11.6. The Morgan fingerprint density at radius 3 is 2.95 bits per heavy atom. The SMILES string of the molecule is Br.OCC1(CNC2=NCCCN2)CCc2ccccc21. The van der Waals surface area contributed by atoms with Gasteiger partial charge in [0.15, 0.2) is 5.96 Å². The van der Waals surface area contributed by atoms with Crippen LogP contribution in [0.3, 0.4) is 0 Å². The maximum atomic E-state index is 9.89. The number of benzene rings is 1. The lowest BCUT2D eigenvalue weighted by Gasteiger charge is -2.30. The van der Waals surface area contributed by atoms with Crippen LogP contribution in [0, 0.1) is 0 Å². The van der Waals surface area contributed by atoms with Gasteiger partial charge in [-0.2, -0.15) is 0 Å². The Bertz CT molecular complexity index is 492. The van der Waals surface area contributed by atoms with Gasteiger partial charge in [0.2, 0.25) is 0 Å². The van der Waals surface area contributed by atoms with E-state index in [2.05, 4.69) is 39.9 Å². The van der Waals surface area contributed by atoms with Crippen molar-refractivity contribution in [2.75, 3.05) is 26.2 Å².